The summed E-state index contributed by atoms with van der Waals surface area (Å²) in [6, 6.07) is 6.54. The molecule has 1 saturated heterocycles. The van der Waals surface area contributed by atoms with Gasteiger partial charge in [0.05, 0.1) is 5.60 Å². The maximum atomic E-state index is 10.4. The second-order valence-corrected chi connectivity index (χ2v) is 6.17. The maximum absolute atomic E-state index is 10.4. The quantitative estimate of drug-likeness (QED) is 0.890. The Morgan fingerprint density at radius 3 is 2.79 bits per heavy atom. The molecular formula is C15H20ClNO2. The minimum absolute atomic E-state index is 0.417. The lowest BCUT2D eigenvalue weighted by molar-refractivity contribution is -0.0626. The van der Waals surface area contributed by atoms with Gasteiger partial charge in [-0.1, -0.05) is 17.7 Å². The van der Waals surface area contributed by atoms with E-state index in [-0.39, 0.29) is 0 Å². The number of hydrogen-bond acceptors (Lipinski definition) is 3. The average Bonchev–Trinajstić information content (AvgIpc) is 2.79. The first-order valence-corrected chi connectivity index (χ1v) is 7.33. The molecule has 1 fully saturated rings. The third-order valence-electron chi connectivity index (χ3n) is 4.24. The maximum Gasteiger partial charge on any atom is 0.0815 e. The van der Waals surface area contributed by atoms with Crippen LogP contribution in [0, 0.1) is 0 Å². The molecule has 4 heteroatoms. The minimum atomic E-state index is -0.593. The molecule has 0 bridgehead atoms. The van der Waals surface area contributed by atoms with Crippen molar-refractivity contribution in [3.8, 4) is 0 Å². The monoisotopic (exact) mass is 281 g/mol. The van der Waals surface area contributed by atoms with E-state index in [0.717, 1.165) is 30.7 Å². The summed E-state index contributed by atoms with van der Waals surface area (Å²) >= 11 is 6.02. The molecule has 0 saturated carbocycles. The van der Waals surface area contributed by atoms with Crippen molar-refractivity contribution in [2.24, 2.45) is 0 Å². The number of fused-ring (bicyclic) bond motifs is 1. The molecule has 1 aliphatic carbocycles. The van der Waals surface area contributed by atoms with Crippen LogP contribution < -0.4 is 5.32 Å². The van der Waals surface area contributed by atoms with Gasteiger partial charge in [0.15, 0.2) is 0 Å². The predicted octanol–water partition coefficient (Wildman–Crippen LogP) is 1.94. The summed E-state index contributed by atoms with van der Waals surface area (Å²) in [5.74, 6) is 0. The fraction of sp³-hybridized carbons (Fsp3) is 0.600. The van der Waals surface area contributed by atoms with E-state index in [4.69, 9.17) is 16.3 Å². The molecule has 0 spiro atoms. The van der Waals surface area contributed by atoms with E-state index in [0.29, 0.717) is 25.8 Å². The van der Waals surface area contributed by atoms with Crippen LogP contribution in [-0.4, -0.2) is 36.5 Å². The van der Waals surface area contributed by atoms with Crippen molar-refractivity contribution in [3.05, 3.63) is 34.3 Å². The predicted molar refractivity (Wildman–Crippen MR) is 75.7 cm³/mol. The van der Waals surface area contributed by atoms with Gasteiger partial charge in [0.1, 0.15) is 0 Å². The highest BCUT2D eigenvalue weighted by molar-refractivity contribution is 6.30. The molecule has 19 heavy (non-hydrogen) atoms. The van der Waals surface area contributed by atoms with Crippen LogP contribution >= 0.6 is 11.6 Å². The molecule has 1 aliphatic heterocycles. The highest BCUT2D eigenvalue weighted by Gasteiger charge is 2.31. The van der Waals surface area contributed by atoms with Crippen molar-refractivity contribution < 1.29 is 9.84 Å². The second-order valence-electron chi connectivity index (χ2n) is 5.74. The summed E-state index contributed by atoms with van der Waals surface area (Å²) < 4.78 is 5.30. The Kier molecular flexibility index (Phi) is 3.81. The molecular weight excluding hydrogens is 262 g/mol. The Hall–Kier alpha value is -0.610. The number of hydrogen-bond donors (Lipinski definition) is 2. The number of nitrogens with one attached hydrogen (secondary N) is 1. The molecule has 1 aromatic rings. The lowest BCUT2D eigenvalue weighted by Gasteiger charge is -2.33. The highest BCUT2D eigenvalue weighted by atomic mass is 35.5. The summed E-state index contributed by atoms with van der Waals surface area (Å²) in [4.78, 5) is 0. The minimum Gasteiger partial charge on any atom is -0.388 e. The number of ether oxygens (including phenoxy) is 1. The topological polar surface area (TPSA) is 41.5 Å². The third-order valence-corrected chi connectivity index (χ3v) is 4.48. The molecule has 0 amide bonds. The fourth-order valence-electron chi connectivity index (χ4n) is 2.99. The Morgan fingerprint density at radius 2 is 2.00 bits per heavy atom. The lowest BCUT2D eigenvalue weighted by Crippen LogP contribution is -2.48. The van der Waals surface area contributed by atoms with E-state index in [2.05, 4.69) is 17.4 Å². The lowest BCUT2D eigenvalue weighted by atomic mass is 9.94. The zero-order valence-electron chi connectivity index (χ0n) is 11.0. The molecule has 2 aliphatic rings. The molecule has 1 aromatic carbocycles. The summed E-state index contributed by atoms with van der Waals surface area (Å²) in [7, 11) is 0. The summed E-state index contributed by atoms with van der Waals surface area (Å²) in [5.41, 5.74) is 2.12. The zero-order valence-corrected chi connectivity index (χ0v) is 11.7. The van der Waals surface area contributed by atoms with Gasteiger partial charge < -0.3 is 15.2 Å². The van der Waals surface area contributed by atoms with E-state index in [1.54, 1.807) is 0 Å². The van der Waals surface area contributed by atoms with Gasteiger partial charge >= 0.3 is 0 Å². The van der Waals surface area contributed by atoms with Crippen molar-refractivity contribution in [2.45, 2.75) is 37.3 Å². The average molecular weight is 282 g/mol. The van der Waals surface area contributed by atoms with Gasteiger partial charge in [-0.3, -0.25) is 0 Å². The van der Waals surface area contributed by atoms with Crippen LogP contribution in [0.1, 0.15) is 24.0 Å². The van der Waals surface area contributed by atoms with Crippen molar-refractivity contribution in [3.63, 3.8) is 0 Å². The van der Waals surface area contributed by atoms with Crippen molar-refractivity contribution in [1.82, 2.24) is 5.32 Å². The molecule has 1 heterocycles. The van der Waals surface area contributed by atoms with E-state index in [9.17, 15) is 5.11 Å². The number of aliphatic hydroxyl groups is 1. The van der Waals surface area contributed by atoms with E-state index in [1.807, 2.05) is 6.07 Å². The van der Waals surface area contributed by atoms with Crippen LogP contribution in [0.2, 0.25) is 5.02 Å². The smallest absolute Gasteiger partial charge is 0.0815 e. The SMILES string of the molecule is OC1(CNC2Cc3ccc(Cl)cc3C2)CCOCC1. The molecule has 104 valence electrons. The molecule has 3 rings (SSSR count). The Bertz CT molecular complexity index is 457. The van der Waals surface area contributed by atoms with Gasteiger partial charge in [-0.25, -0.2) is 0 Å². The fourth-order valence-corrected chi connectivity index (χ4v) is 3.19. The van der Waals surface area contributed by atoms with E-state index >= 15 is 0 Å². The van der Waals surface area contributed by atoms with Crippen LogP contribution in [0.3, 0.4) is 0 Å². The molecule has 2 N–H and O–H groups in total. The standard InChI is InChI=1S/C15H20ClNO2/c16-13-2-1-11-8-14(9-12(11)7-13)17-10-15(18)3-5-19-6-4-15/h1-2,7,14,17-18H,3-6,8-10H2. The van der Waals surface area contributed by atoms with Gasteiger partial charge in [0, 0.05) is 43.7 Å². The Morgan fingerprint density at radius 1 is 1.26 bits per heavy atom. The van der Waals surface area contributed by atoms with Crippen LogP contribution in [0.5, 0.6) is 0 Å². The molecule has 0 aromatic heterocycles. The van der Waals surface area contributed by atoms with Crippen molar-refractivity contribution >= 4 is 11.6 Å². The van der Waals surface area contributed by atoms with Gasteiger partial charge in [0.2, 0.25) is 0 Å². The van der Waals surface area contributed by atoms with Crippen LogP contribution in [0.15, 0.2) is 18.2 Å². The molecule has 3 nitrogen and oxygen atoms in total. The summed E-state index contributed by atoms with van der Waals surface area (Å²) in [6.07, 6.45) is 3.48. The van der Waals surface area contributed by atoms with Crippen LogP contribution in [0.4, 0.5) is 0 Å². The Balaban J connectivity index is 1.55. The van der Waals surface area contributed by atoms with Gasteiger partial charge in [0.25, 0.3) is 0 Å². The highest BCUT2D eigenvalue weighted by Crippen LogP contribution is 2.26. The number of halogens is 1. The number of benzene rings is 1. The third kappa shape index (κ3) is 3.11. The van der Waals surface area contributed by atoms with Gasteiger partial charge in [-0.15, -0.1) is 0 Å². The largest absolute Gasteiger partial charge is 0.388 e. The second kappa shape index (κ2) is 5.41. The Labute approximate surface area is 118 Å². The first-order chi connectivity index (χ1) is 9.15. The molecule has 1 atom stereocenters. The molecule has 0 radical (unpaired) electrons. The normalized spacial score (nSPS) is 25.3. The first kappa shape index (κ1) is 13.4. The van der Waals surface area contributed by atoms with E-state index < -0.39 is 5.60 Å². The first-order valence-electron chi connectivity index (χ1n) is 6.95. The van der Waals surface area contributed by atoms with E-state index in [1.165, 1.54) is 11.1 Å². The van der Waals surface area contributed by atoms with Crippen LogP contribution in [-0.2, 0) is 17.6 Å². The van der Waals surface area contributed by atoms with Crippen molar-refractivity contribution in [1.29, 1.82) is 0 Å². The van der Waals surface area contributed by atoms with Crippen LogP contribution in [0.25, 0.3) is 0 Å². The van der Waals surface area contributed by atoms with Gasteiger partial charge in [-0.2, -0.15) is 0 Å². The summed E-state index contributed by atoms with van der Waals surface area (Å²) in [5, 5.41) is 14.7. The zero-order chi connectivity index (χ0) is 13.3. The summed E-state index contributed by atoms with van der Waals surface area (Å²) in [6.45, 7) is 1.99. The molecule has 1 unspecified atom stereocenters. The number of rotatable bonds is 3. The van der Waals surface area contributed by atoms with Crippen molar-refractivity contribution in [2.75, 3.05) is 19.8 Å². The van der Waals surface area contributed by atoms with Gasteiger partial charge in [-0.05, 0) is 36.1 Å².